The largest absolute Gasteiger partial charge is 0.504 e. The molecule has 0 unspecified atom stereocenters. The molecule has 4 aromatic rings. The Balaban J connectivity index is 1.65. The van der Waals surface area contributed by atoms with Crippen LogP contribution in [0.3, 0.4) is 0 Å². The molecule has 2 heterocycles. The molecule has 4 rings (SSSR count). The van der Waals surface area contributed by atoms with E-state index in [1.54, 1.807) is 24.4 Å². The van der Waals surface area contributed by atoms with Gasteiger partial charge in [-0.05, 0) is 49.0 Å². The average Bonchev–Trinajstić information content (AvgIpc) is 3.36. The third kappa shape index (κ3) is 3.94. The Labute approximate surface area is 171 Å². The van der Waals surface area contributed by atoms with Gasteiger partial charge in [-0.1, -0.05) is 30.3 Å². The molecule has 29 heavy (non-hydrogen) atoms. The van der Waals surface area contributed by atoms with Crippen molar-refractivity contribution in [3.63, 3.8) is 0 Å². The van der Waals surface area contributed by atoms with Crippen molar-refractivity contribution in [1.82, 2.24) is 25.1 Å². The highest BCUT2D eigenvalue weighted by molar-refractivity contribution is 7.71. The van der Waals surface area contributed by atoms with E-state index in [1.165, 1.54) is 4.68 Å². The van der Waals surface area contributed by atoms with Crippen molar-refractivity contribution < 1.29 is 9.84 Å². The van der Waals surface area contributed by atoms with Gasteiger partial charge in [-0.2, -0.15) is 20.0 Å². The van der Waals surface area contributed by atoms with Crippen LogP contribution in [0.5, 0.6) is 11.5 Å². The van der Waals surface area contributed by atoms with Crippen molar-refractivity contribution >= 4 is 18.4 Å². The molecular weight excluding hydrogens is 388 g/mol. The summed E-state index contributed by atoms with van der Waals surface area (Å²) in [7, 11) is 0. The van der Waals surface area contributed by atoms with Crippen molar-refractivity contribution in [3.8, 4) is 34.3 Å². The summed E-state index contributed by atoms with van der Waals surface area (Å²) in [6, 6.07) is 16.7. The van der Waals surface area contributed by atoms with Crippen molar-refractivity contribution in [3.05, 3.63) is 64.9 Å². The molecule has 0 amide bonds. The van der Waals surface area contributed by atoms with Gasteiger partial charge in [0.2, 0.25) is 10.6 Å². The van der Waals surface area contributed by atoms with Crippen molar-refractivity contribution in [2.24, 2.45) is 5.10 Å². The number of hydrogen-bond acceptors (Lipinski definition) is 6. The second-order valence-electron chi connectivity index (χ2n) is 6.10. The predicted octanol–water partition coefficient (Wildman–Crippen LogP) is 3.98. The predicted molar refractivity (Wildman–Crippen MR) is 113 cm³/mol. The molecule has 0 saturated heterocycles. The van der Waals surface area contributed by atoms with E-state index in [1.807, 2.05) is 43.3 Å². The van der Waals surface area contributed by atoms with E-state index in [-0.39, 0.29) is 5.75 Å². The molecule has 3 N–H and O–H groups in total. The van der Waals surface area contributed by atoms with Crippen LogP contribution in [0, 0.1) is 4.77 Å². The number of benzene rings is 2. The minimum atomic E-state index is 0.0792. The Kier molecular flexibility index (Phi) is 5.21. The van der Waals surface area contributed by atoms with E-state index < -0.39 is 0 Å². The second kappa shape index (κ2) is 8.11. The Morgan fingerprint density at radius 1 is 1.14 bits per heavy atom. The highest BCUT2D eigenvalue weighted by Crippen LogP contribution is 2.26. The lowest BCUT2D eigenvalue weighted by molar-refractivity contribution is 0.318. The summed E-state index contributed by atoms with van der Waals surface area (Å²) in [6.07, 6.45) is 1.62. The molecule has 0 aliphatic heterocycles. The molecule has 9 heteroatoms. The monoisotopic (exact) mass is 406 g/mol. The van der Waals surface area contributed by atoms with Gasteiger partial charge in [0.15, 0.2) is 11.5 Å². The van der Waals surface area contributed by atoms with E-state index in [0.717, 1.165) is 16.8 Å². The molecule has 0 saturated carbocycles. The zero-order valence-electron chi connectivity index (χ0n) is 15.5. The smallest absolute Gasteiger partial charge is 0.216 e. The van der Waals surface area contributed by atoms with E-state index in [2.05, 4.69) is 25.5 Å². The first-order valence-corrected chi connectivity index (χ1v) is 9.35. The average molecular weight is 406 g/mol. The van der Waals surface area contributed by atoms with E-state index in [9.17, 15) is 5.11 Å². The summed E-state index contributed by atoms with van der Waals surface area (Å²) in [5.41, 5.74) is 3.21. The highest BCUT2D eigenvalue weighted by Gasteiger charge is 2.12. The van der Waals surface area contributed by atoms with Gasteiger partial charge >= 0.3 is 0 Å². The number of aromatic amines is 2. The number of aromatic hydroxyl groups is 1. The molecule has 0 spiro atoms. The van der Waals surface area contributed by atoms with Gasteiger partial charge in [0, 0.05) is 5.56 Å². The molecule has 2 aromatic carbocycles. The van der Waals surface area contributed by atoms with Crippen LogP contribution in [0.1, 0.15) is 12.5 Å². The zero-order chi connectivity index (χ0) is 20.2. The van der Waals surface area contributed by atoms with Gasteiger partial charge in [0.1, 0.15) is 5.69 Å². The van der Waals surface area contributed by atoms with Crippen LogP contribution in [-0.2, 0) is 0 Å². The summed E-state index contributed by atoms with van der Waals surface area (Å²) in [5.74, 6) is 0.980. The standard InChI is InChI=1S/C20H18N6O2S/c1-2-28-18-10-13(8-9-17(18)27)12-21-26-19(24-25-20(26)29)16-11-15(22-23-16)14-6-4-3-5-7-14/h3-12,27H,2H2,1H3,(H,22,23)(H,25,29)/b21-12+. The number of rotatable bonds is 6. The maximum Gasteiger partial charge on any atom is 0.216 e. The molecule has 0 radical (unpaired) electrons. The quantitative estimate of drug-likeness (QED) is 0.332. The minimum absolute atomic E-state index is 0.0792. The fourth-order valence-electron chi connectivity index (χ4n) is 2.77. The lowest BCUT2D eigenvalue weighted by atomic mass is 10.1. The zero-order valence-corrected chi connectivity index (χ0v) is 16.3. The topological polar surface area (TPSA) is 104 Å². The van der Waals surface area contributed by atoms with Crippen molar-refractivity contribution in [2.75, 3.05) is 6.61 Å². The molecule has 146 valence electrons. The Hall–Kier alpha value is -3.72. The third-order valence-corrected chi connectivity index (χ3v) is 4.41. The Bertz CT molecular complexity index is 1210. The van der Waals surface area contributed by atoms with Crippen LogP contribution in [0.2, 0.25) is 0 Å². The first-order valence-electron chi connectivity index (χ1n) is 8.94. The third-order valence-electron chi connectivity index (χ3n) is 4.14. The van der Waals surface area contributed by atoms with Crippen LogP contribution < -0.4 is 4.74 Å². The molecular formula is C20H18N6O2S. The van der Waals surface area contributed by atoms with Crippen LogP contribution in [0.4, 0.5) is 0 Å². The highest BCUT2D eigenvalue weighted by atomic mass is 32.1. The minimum Gasteiger partial charge on any atom is -0.504 e. The molecule has 0 bridgehead atoms. The normalized spacial score (nSPS) is 11.2. The Morgan fingerprint density at radius 2 is 1.97 bits per heavy atom. The van der Waals surface area contributed by atoms with Gasteiger partial charge in [-0.25, -0.2) is 5.10 Å². The van der Waals surface area contributed by atoms with Crippen LogP contribution >= 0.6 is 12.2 Å². The number of phenols is 1. The molecule has 0 aliphatic rings. The maximum atomic E-state index is 9.83. The SMILES string of the molecule is CCOc1cc(/C=N/n2c(-c3cc(-c4ccccc4)n[nH]3)n[nH]c2=S)ccc1O. The van der Waals surface area contributed by atoms with Gasteiger partial charge in [-0.15, -0.1) is 0 Å². The van der Waals surface area contributed by atoms with Crippen molar-refractivity contribution in [1.29, 1.82) is 0 Å². The lowest BCUT2D eigenvalue weighted by Crippen LogP contribution is -1.96. The number of hydrogen-bond donors (Lipinski definition) is 3. The number of H-pyrrole nitrogens is 2. The maximum absolute atomic E-state index is 9.83. The van der Waals surface area contributed by atoms with Gasteiger partial charge in [0.25, 0.3) is 0 Å². The van der Waals surface area contributed by atoms with Crippen LogP contribution in [0.15, 0.2) is 59.7 Å². The Morgan fingerprint density at radius 3 is 2.76 bits per heavy atom. The molecule has 0 aliphatic carbocycles. The number of phenolic OH excluding ortho intramolecular Hbond substituents is 1. The number of ether oxygens (including phenoxy) is 1. The van der Waals surface area contributed by atoms with Gasteiger partial charge < -0.3 is 9.84 Å². The van der Waals surface area contributed by atoms with Gasteiger partial charge in [0.05, 0.1) is 18.5 Å². The summed E-state index contributed by atoms with van der Waals surface area (Å²) < 4.78 is 7.25. The number of aromatic nitrogens is 5. The summed E-state index contributed by atoms with van der Waals surface area (Å²) in [4.78, 5) is 0. The first-order chi connectivity index (χ1) is 14.2. The molecule has 2 aromatic heterocycles. The molecule has 0 atom stereocenters. The molecule has 0 fully saturated rings. The lowest BCUT2D eigenvalue weighted by Gasteiger charge is -2.06. The number of nitrogens with one attached hydrogen (secondary N) is 2. The fraction of sp³-hybridized carbons (Fsp3) is 0.100. The molecule has 8 nitrogen and oxygen atoms in total. The van der Waals surface area contributed by atoms with E-state index >= 15 is 0 Å². The summed E-state index contributed by atoms with van der Waals surface area (Å²) in [6.45, 7) is 2.31. The summed E-state index contributed by atoms with van der Waals surface area (Å²) in [5, 5.41) is 28.6. The number of nitrogens with zero attached hydrogens (tertiary/aromatic N) is 4. The van der Waals surface area contributed by atoms with Crippen LogP contribution in [-0.4, -0.2) is 43.0 Å². The second-order valence-corrected chi connectivity index (χ2v) is 6.49. The van der Waals surface area contributed by atoms with Crippen LogP contribution in [0.25, 0.3) is 22.8 Å². The van der Waals surface area contributed by atoms with Crippen molar-refractivity contribution in [2.45, 2.75) is 6.92 Å². The first kappa shape index (κ1) is 18.6. The van der Waals surface area contributed by atoms with E-state index in [0.29, 0.717) is 28.6 Å². The van der Waals surface area contributed by atoms with E-state index in [4.69, 9.17) is 17.0 Å². The fourth-order valence-corrected chi connectivity index (χ4v) is 2.95. The summed E-state index contributed by atoms with van der Waals surface area (Å²) >= 11 is 5.31. The van der Waals surface area contributed by atoms with Gasteiger partial charge in [-0.3, -0.25) is 5.10 Å².